The van der Waals surface area contributed by atoms with Crippen LogP contribution in [0.4, 0.5) is 0 Å². The third-order valence-electron chi connectivity index (χ3n) is 3.70. The molecular formula is C17H17N3O5S. The van der Waals surface area contributed by atoms with Gasteiger partial charge in [0.25, 0.3) is 11.5 Å². The van der Waals surface area contributed by atoms with E-state index in [4.69, 9.17) is 9.15 Å². The molecule has 3 aromatic rings. The van der Waals surface area contributed by atoms with E-state index in [1.165, 1.54) is 35.4 Å². The fourth-order valence-corrected chi connectivity index (χ4v) is 3.03. The second-order valence-electron chi connectivity index (χ2n) is 5.56. The van der Waals surface area contributed by atoms with E-state index in [0.717, 1.165) is 0 Å². The standard InChI is InChI=1S/C17H17N3O5S/c1-11(15(22)18-9-12-3-2-7-24-12)25-14(21)4-6-20-10-19-16-13(17(20)23)5-8-26-16/h2-3,5,7-8,10-11H,4,6,9H2,1H3,(H,18,22). The predicted molar refractivity (Wildman–Crippen MR) is 94.6 cm³/mol. The molecule has 8 nitrogen and oxygen atoms in total. The zero-order valence-electron chi connectivity index (χ0n) is 14.0. The van der Waals surface area contributed by atoms with Gasteiger partial charge in [0.05, 0.1) is 30.9 Å². The Labute approximate surface area is 152 Å². The van der Waals surface area contributed by atoms with Gasteiger partial charge in [0, 0.05) is 6.54 Å². The molecule has 136 valence electrons. The molecule has 3 aromatic heterocycles. The molecule has 1 N–H and O–H groups in total. The van der Waals surface area contributed by atoms with Crippen molar-refractivity contribution < 1.29 is 18.7 Å². The first kappa shape index (κ1) is 17.9. The van der Waals surface area contributed by atoms with Gasteiger partial charge in [0.1, 0.15) is 10.6 Å². The lowest BCUT2D eigenvalue weighted by atomic mass is 10.3. The summed E-state index contributed by atoms with van der Waals surface area (Å²) in [4.78, 5) is 40.9. The van der Waals surface area contributed by atoms with Gasteiger partial charge < -0.3 is 14.5 Å². The van der Waals surface area contributed by atoms with Crippen LogP contribution in [0.5, 0.6) is 0 Å². The van der Waals surface area contributed by atoms with Gasteiger partial charge in [0.15, 0.2) is 6.10 Å². The Morgan fingerprint density at radius 1 is 1.42 bits per heavy atom. The van der Waals surface area contributed by atoms with Gasteiger partial charge in [-0.25, -0.2) is 4.98 Å². The number of nitrogens with zero attached hydrogens (tertiary/aromatic N) is 2. The first-order valence-electron chi connectivity index (χ1n) is 7.97. The third kappa shape index (κ3) is 4.17. The molecule has 1 unspecified atom stereocenters. The van der Waals surface area contributed by atoms with Gasteiger partial charge in [-0.3, -0.25) is 19.0 Å². The maximum absolute atomic E-state index is 12.2. The van der Waals surface area contributed by atoms with Crippen LogP contribution in [-0.2, 0) is 27.4 Å². The largest absolute Gasteiger partial charge is 0.467 e. The molecule has 0 aromatic carbocycles. The van der Waals surface area contributed by atoms with E-state index >= 15 is 0 Å². The smallest absolute Gasteiger partial charge is 0.308 e. The molecule has 0 aliphatic rings. The normalized spacial score (nSPS) is 12.0. The summed E-state index contributed by atoms with van der Waals surface area (Å²) in [6.07, 6.45) is 1.95. The SMILES string of the molecule is CC(OC(=O)CCn1cnc2sccc2c1=O)C(=O)NCc1ccco1. The van der Waals surface area contributed by atoms with Crippen molar-refractivity contribution in [1.29, 1.82) is 0 Å². The monoisotopic (exact) mass is 375 g/mol. The number of amides is 1. The number of hydrogen-bond acceptors (Lipinski definition) is 7. The second-order valence-corrected chi connectivity index (χ2v) is 6.46. The van der Waals surface area contributed by atoms with Crippen LogP contribution in [0.15, 0.2) is 45.4 Å². The fourth-order valence-electron chi connectivity index (χ4n) is 2.31. The predicted octanol–water partition coefficient (Wildman–Crippen LogP) is 1.69. The quantitative estimate of drug-likeness (QED) is 0.630. The van der Waals surface area contributed by atoms with E-state index in [0.29, 0.717) is 16.0 Å². The van der Waals surface area contributed by atoms with Crippen molar-refractivity contribution in [3.05, 3.63) is 52.3 Å². The lowest BCUT2D eigenvalue weighted by Gasteiger charge is -2.13. The molecule has 1 atom stereocenters. The van der Waals surface area contributed by atoms with Crippen LogP contribution < -0.4 is 10.9 Å². The minimum Gasteiger partial charge on any atom is -0.467 e. The van der Waals surface area contributed by atoms with E-state index < -0.39 is 18.0 Å². The Balaban J connectivity index is 1.49. The molecule has 0 radical (unpaired) electrons. The zero-order valence-corrected chi connectivity index (χ0v) is 14.8. The van der Waals surface area contributed by atoms with E-state index in [-0.39, 0.29) is 25.1 Å². The molecule has 0 aliphatic carbocycles. The molecule has 1 amide bonds. The van der Waals surface area contributed by atoms with Crippen LogP contribution in [0.2, 0.25) is 0 Å². The number of ether oxygens (including phenoxy) is 1. The second kappa shape index (κ2) is 7.96. The van der Waals surface area contributed by atoms with Gasteiger partial charge in [-0.1, -0.05) is 0 Å². The van der Waals surface area contributed by atoms with Crippen LogP contribution in [0.25, 0.3) is 10.2 Å². The molecule has 0 saturated carbocycles. The fraction of sp³-hybridized carbons (Fsp3) is 0.294. The Kier molecular flexibility index (Phi) is 5.47. The van der Waals surface area contributed by atoms with Crippen molar-refractivity contribution in [2.75, 3.05) is 0 Å². The van der Waals surface area contributed by atoms with Crippen LogP contribution >= 0.6 is 11.3 Å². The highest BCUT2D eigenvalue weighted by atomic mass is 32.1. The van der Waals surface area contributed by atoms with Crippen LogP contribution in [0, 0.1) is 0 Å². The Morgan fingerprint density at radius 2 is 2.27 bits per heavy atom. The Hall–Kier alpha value is -2.94. The average molecular weight is 375 g/mol. The van der Waals surface area contributed by atoms with Crippen LogP contribution in [-0.4, -0.2) is 27.5 Å². The topological polar surface area (TPSA) is 103 Å². The summed E-state index contributed by atoms with van der Waals surface area (Å²) in [5.74, 6) is -0.385. The van der Waals surface area contributed by atoms with Crippen LogP contribution in [0.3, 0.4) is 0 Å². The highest BCUT2D eigenvalue weighted by molar-refractivity contribution is 7.16. The van der Waals surface area contributed by atoms with Crippen molar-refractivity contribution in [2.45, 2.75) is 32.5 Å². The summed E-state index contributed by atoms with van der Waals surface area (Å²) in [7, 11) is 0. The minimum atomic E-state index is -0.938. The minimum absolute atomic E-state index is 0.0347. The number of hydrogen-bond donors (Lipinski definition) is 1. The van der Waals surface area contributed by atoms with Gasteiger partial charge in [-0.2, -0.15) is 0 Å². The summed E-state index contributed by atoms with van der Waals surface area (Å²) >= 11 is 1.38. The van der Waals surface area contributed by atoms with Crippen molar-refractivity contribution in [3.63, 3.8) is 0 Å². The lowest BCUT2D eigenvalue weighted by molar-refractivity contribution is -0.155. The highest BCUT2D eigenvalue weighted by Gasteiger charge is 2.18. The van der Waals surface area contributed by atoms with Crippen molar-refractivity contribution >= 4 is 33.4 Å². The number of aromatic nitrogens is 2. The number of rotatable bonds is 7. The number of carbonyl (C=O) groups excluding carboxylic acids is 2. The molecule has 0 spiro atoms. The molecule has 9 heteroatoms. The molecule has 0 bridgehead atoms. The first-order valence-corrected chi connectivity index (χ1v) is 8.85. The number of carbonyl (C=O) groups is 2. The lowest BCUT2D eigenvalue weighted by Crippen LogP contribution is -2.35. The third-order valence-corrected chi connectivity index (χ3v) is 4.52. The molecule has 0 saturated heterocycles. The summed E-state index contributed by atoms with van der Waals surface area (Å²) in [5.41, 5.74) is -0.201. The number of nitrogens with one attached hydrogen (secondary N) is 1. The van der Waals surface area contributed by atoms with E-state index in [9.17, 15) is 14.4 Å². The Bertz CT molecular complexity index is 960. The summed E-state index contributed by atoms with van der Waals surface area (Å²) in [6, 6.07) is 5.15. The molecule has 0 fully saturated rings. The van der Waals surface area contributed by atoms with Gasteiger partial charge in [-0.05, 0) is 30.5 Å². The summed E-state index contributed by atoms with van der Waals surface area (Å²) in [5, 5.41) is 4.93. The van der Waals surface area contributed by atoms with E-state index in [1.54, 1.807) is 23.6 Å². The van der Waals surface area contributed by atoms with Crippen molar-refractivity contribution in [3.8, 4) is 0 Å². The van der Waals surface area contributed by atoms with Gasteiger partial charge in [0.2, 0.25) is 0 Å². The maximum atomic E-state index is 12.2. The van der Waals surface area contributed by atoms with Gasteiger partial charge in [-0.15, -0.1) is 11.3 Å². The summed E-state index contributed by atoms with van der Waals surface area (Å²) in [6.45, 7) is 1.84. The number of aryl methyl sites for hydroxylation is 1. The number of thiophene rings is 1. The molecule has 26 heavy (non-hydrogen) atoms. The average Bonchev–Trinajstić information content (AvgIpc) is 3.30. The van der Waals surface area contributed by atoms with Crippen molar-refractivity contribution in [1.82, 2.24) is 14.9 Å². The number of furan rings is 1. The number of fused-ring (bicyclic) bond motifs is 1. The number of esters is 1. The zero-order chi connectivity index (χ0) is 18.5. The summed E-state index contributed by atoms with van der Waals surface area (Å²) < 4.78 is 11.6. The highest BCUT2D eigenvalue weighted by Crippen LogP contribution is 2.13. The molecule has 3 rings (SSSR count). The first-order chi connectivity index (χ1) is 12.5. The molecule has 3 heterocycles. The Morgan fingerprint density at radius 3 is 3.04 bits per heavy atom. The van der Waals surface area contributed by atoms with E-state index in [1.807, 2.05) is 0 Å². The molecular weight excluding hydrogens is 358 g/mol. The van der Waals surface area contributed by atoms with Crippen molar-refractivity contribution in [2.24, 2.45) is 0 Å². The van der Waals surface area contributed by atoms with Crippen LogP contribution in [0.1, 0.15) is 19.1 Å². The maximum Gasteiger partial charge on any atom is 0.308 e. The van der Waals surface area contributed by atoms with E-state index in [2.05, 4.69) is 10.3 Å². The van der Waals surface area contributed by atoms with Gasteiger partial charge >= 0.3 is 5.97 Å². The molecule has 0 aliphatic heterocycles.